The lowest BCUT2D eigenvalue weighted by Crippen LogP contribution is -2.54. The van der Waals surface area contributed by atoms with Crippen molar-refractivity contribution in [1.29, 1.82) is 0 Å². The van der Waals surface area contributed by atoms with Gasteiger partial charge in [-0.2, -0.15) is 0 Å². The zero-order chi connectivity index (χ0) is 17.0. The highest BCUT2D eigenvalue weighted by Crippen LogP contribution is 2.34. The van der Waals surface area contributed by atoms with E-state index in [0.29, 0.717) is 51.6 Å². The molecule has 3 rings (SSSR count). The molecular weight excluding hydrogens is 314 g/mol. The first-order valence-electron chi connectivity index (χ1n) is 8.36. The number of rotatable bonds is 6. The molecule has 2 aliphatic rings. The van der Waals surface area contributed by atoms with E-state index >= 15 is 0 Å². The van der Waals surface area contributed by atoms with Crippen LogP contribution in [-0.4, -0.2) is 54.7 Å². The molecule has 3 heterocycles. The van der Waals surface area contributed by atoms with Gasteiger partial charge in [0.1, 0.15) is 19.0 Å². The van der Waals surface area contributed by atoms with Crippen molar-refractivity contribution in [2.45, 2.75) is 44.9 Å². The van der Waals surface area contributed by atoms with Crippen LogP contribution in [0.15, 0.2) is 12.3 Å². The van der Waals surface area contributed by atoms with E-state index in [4.69, 9.17) is 23.7 Å². The topological polar surface area (TPSA) is 79.3 Å². The molecule has 0 aliphatic carbocycles. The summed E-state index contributed by atoms with van der Waals surface area (Å²) in [7, 11) is 0. The van der Waals surface area contributed by atoms with E-state index in [-0.39, 0.29) is 6.61 Å². The summed E-state index contributed by atoms with van der Waals surface area (Å²) in [6.45, 7) is 6.13. The molecule has 2 aliphatic heterocycles. The van der Waals surface area contributed by atoms with Gasteiger partial charge in [0.05, 0.1) is 32.1 Å². The van der Waals surface area contributed by atoms with Crippen molar-refractivity contribution >= 4 is 0 Å². The summed E-state index contributed by atoms with van der Waals surface area (Å²) in [5, 5.41) is 9.27. The summed E-state index contributed by atoms with van der Waals surface area (Å²) in [5.74, 6) is -0.700. The maximum Gasteiger partial charge on any atom is 0.216 e. The van der Waals surface area contributed by atoms with Crippen LogP contribution in [0.3, 0.4) is 0 Å². The Morgan fingerprint density at radius 3 is 2.54 bits per heavy atom. The number of ether oxygens (including phenoxy) is 5. The molecule has 134 valence electrons. The van der Waals surface area contributed by atoms with Gasteiger partial charge in [-0.25, -0.2) is 0 Å². The lowest BCUT2D eigenvalue weighted by molar-refractivity contribution is -0.365. The highest BCUT2D eigenvalue weighted by Gasteiger charge is 2.47. The van der Waals surface area contributed by atoms with Crippen LogP contribution < -0.4 is 4.74 Å². The molecule has 0 unspecified atom stereocenters. The van der Waals surface area contributed by atoms with Crippen molar-refractivity contribution < 1.29 is 28.8 Å². The minimum Gasteiger partial charge on any atom is -0.493 e. The lowest BCUT2D eigenvalue weighted by atomic mass is 10.1. The van der Waals surface area contributed by atoms with Gasteiger partial charge < -0.3 is 28.8 Å². The number of aromatic nitrogens is 1. The van der Waals surface area contributed by atoms with E-state index in [9.17, 15) is 5.11 Å². The fourth-order valence-electron chi connectivity index (χ4n) is 2.95. The zero-order valence-electron chi connectivity index (χ0n) is 14.2. The fourth-order valence-corrected chi connectivity index (χ4v) is 2.95. The van der Waals surface area contributed by atoms with Crippen LogP contribution in [0.5, 0.6) is 5.75 Å². The van der Waals surface area contributed by atoms with Gasteiger partial charge in [0.25, 0.3) is 0 Å². The predicted molar refractivity (Wildman–Crippen MR) is 84.6 cm³/mol. The van der Waals surface area contributed by atoms with E-state index in [1.807, 2.05) is 13.8 Å². The molecule has 0 saturated carbocycles. The Balaban J connectivity index is 1.55. The zero-order valence-corrected chi connectivity index (χ0v) is 14.2. The Kier molecular flexibility index (Phi) is 5.36. The molecule has 0 amide bonds. The van der Waals surface area contributed by atoms with Crippen molar-refractivity contribution in [2.24, 2.45) is 0 Å². The Labute approximate surface area is 141 Å². The smallest absolute Gasteiger partial charge is 0.216 e. The molecule has 2 saturated heterocycles. The number of aliphatic hydroxyl groups excluding tert-OH is 1. The van der Waals surface area contributed by atoms with Crippen molar-refractivity contribution in [2.75, 3.05) is 33.0 Å². The second kappa shape index (κ2) is 7.33. The molecule has 0 radical (unpaired) electrons. The summed E-state index contributed by atoms with van der Waals surface area (Å²) < 4.78 is 29.0. The van der Waals surface area contributed by atoms with E-state index in [1.54, 1.807) is 12.3 Å². The lowest BCUT2D eigenvalue weighted by Gasteiger charge is -2.43. The third kappa shape index (κ3) is 3.55. The van der Waals surface area contributed by atoms with E-state index < -0.39 is 11.6 Å². The van der Waals surface area contributed by atoms with Gasteiger partial charge in [0.15, 0.2) is 5.79 Å². The number of pyridine rings is 1. The third-order valence-electron chi connectivity index (χ3n) is 4.61. The molecule has 2 fully saturated rings. The largest absolute Gasteiger partial charge is 0.493 e. The molecule has 7 nitrogen and oxygen atoms in total. The molecule has 1 aromatic heterocycles. The molecule has 0 atom stereocenters. The average Bonchev–Trinajstić information content (AvgIpc) is 3.07. The first-order valence-corrected chi connectivity index (χ1v) is 8.36. The molecule has 7 heteroatoms. The number of hydrogen-bond donors (Lipinski definition) is 1. The highest BCUT2D eigenvalue weighted by molar-refractivity contribution is 5.34. The predicted octanol–water partition coefficient (Wildman–Crippen LogP) is 1.55. The monoisotopic (exact) mass is 339 g/mol. The molecule has 1 aromatic rings. The number of nitrogens with zero attached hydrogens (tertiary/aromatic N) is 1. The van der Waals surface area contributed by atoms with Gasteiger partial charge in [-0.05, 0) is 19.4 Å². The SMILES string of the molecule is CCC1(CCOc2ccnc(CO)c2C)OCC2(CO1)OCCO2. The summed E-state index contributed by atoms with van der Waals surface area (Å²) >= 11 is 0. The van der Waals surface area contributed by atoms with Crippen LogP contribution in [0.2, 0.25) is 0 Å². The Morgan fingerprint density at radius 2 is 1.92 bits per heavy atom. The number of aliphatic hydroxyl groups is 1. The summed E-state index contributed by atoms with van der Waals surface area (Å²) in [4.78, 5) is 4.12. The third-order valence-corrected chi connectivity index (χ3v) is 4.61. The first-order chi connectivity index (χ1) is 11.6. The van der Waals surface area contributed by atoms with Gasteiger partial charge in [-0.15, -0.1) is 0 Å². The molecular formula is C17H25NO6. The second-order valence-electron chi connectivity index (χ2n) is 6.09. The molecule has 0 aromatic carbocycles. The Hall–Kier alpha value is -1.25. The second-order valence-corrected chi connectivity index (χ2v) is 6.09. The van der Waals surface area contributed by atoms with Crippen LogP contribution in [0.4, 0.5) is 0 Å². The van der Waals surface area contributed by atoms with E-state index in [2.05, 4.69) is 4.98 Å². The molecule has 1 N–H and O–H groups in total. The van der Waals surface area contributed by atoms with Crippen molar-refractivity contribution in [3.05, 3.63) is 23.5 Å². The number of hydrogen-bond acceptors (Lipinski definition) is 7. The van der Waals surface area contributed by atoms with Gasteiger partial charge in [-0.3, -0.25) is 4.98 Å². The van der Waals surface area contributed by atoms with E-state index in [1.165, 1.54) is 0 Å². The summed E-state index contributed by atoms with van der Waals surface area (Å²) in [6.07, 6.45) is 2.94. The maximum atomic E-state index is 9.27. The molecule has 0 bridgehead atoms. The van der Waals surface area contributed by atoms with Crippen molar-refractivity contribution in [3.63, 3.8) is 0 Å². The van der Waals surface area contributed by atoms with E-state index in [0.717, 1.165) is 11.3 Å². The molecule has 1 spiro atoms. The first kappa shape index (κ1) is 17.6. The molecule has 24 heavy (non-hydrogen) atoms. The van der Waals surface area contributed by atoms with Crippen molar-refractivity contribution in [1.82, 2.24) is 4.98 Å². The summed E-state index contributed by atoms with van der Waals surface area (Å²) in [6, 6.07) is 1.80. The normalized spacial score (nSPS) is 22.0. The van der Waals surface area contributed by atoms with Gasteiger partial charge in [-0.1, -0.05) is 6.92 Å². The minimum atomic E-state index is -0.739. The van der Waals surface area contributed by atoms with Gasteiger partial charge in [0, 0.05) is 18.2 Å². The van der Waals surface area contributed by atoms with Crippen LogP contribution >= 0.6 is 0 Å². The van der Waals surface area contributed by atoms with Gasteiger partial charge >= 0.3 is 0 Å². The van der Waals surface area contributed by atoms with Crippen LogP contribution in [0.25, 0.3) is 0 Å². The van der Waals surface area contributed by atoms with Crippen molar-refractivity contribution in [3.8, 4) is 5.75 Å². The maximum absolute atomic E-state index is 9.27. The van der Waals surface area contributed by atoms with Crippen LogP contribution in [0, 0.1) is 6.92 Å². The summed E-state index contributed by atoms with van der Waals surface area (Å²) in [5.41, 5.74) is 1.48. The Morgan fingerprint density at radius 1 is 1.21 bits per heavy atom. The minimum absolute atomic E-state index is 0.101. The standard InChI is InChI=1S/C17H25NO6/c1-3-16(23-11-17(12-24-16)21-8-9-22-17)5-7-20-15-4-6-18-14(10-19)13(15)2/h4,6,19H,3,5,7-12H2,1-2H3. The fraction of sp³-hybridized carbons (Fsp3) is 0.706. The quantitative estimate of drug-likeness (QED) is 0.842. The van der Waals surface area contributed by atoms with Gasteiger partial charge in [0.2, 0.25) is 5.79 Å². The highest BCUT2D eigenvalue weighted by atomic mass is 16.8. The van der Waals surface area contributed by atoms with Crippen LogP contribution in [0.1, 0.15) is 31.0 Å². The Bertz CT molecular complexity index is 548. The van der Waals surface area contributed by atoms with Crippen LogP contribution in [-0.2, 0) is 25.6 Å². The average molecular weight is 339 g/mol.